The van der Waals surface area contributed by atoms with Crippen LogP contribution in [-0.2, 0) is 0 Å². The van der Waals surface area contributed by atoms with Crippen LogP contribution in [0.4, 0.5) is 0 Å². The molecule has 0 radical (unpaired) electrons. The van der Waals surface area contributed by atoms with E-state index in [0.29, 0.717) is 12.0 Å². The van der Waals surface area contributed by atoms with Crippen LogP contribution >= 0.6 is 0 Å². The SMILES string of the molecule is Cc1ccc(C(NCC2CCCC2O)C2CC2)cc1. The van der Waals surface area contributed by atoms with Crippen LogP contribution in [0.2, 0.25) is 0 Å². The van der Waals surface area contributed by atoms with Crippen LogP contribution in [0.25, 0.3) is 0 Å². The Morgan fingerprint density at radius 2 is 1.89 bits per heavy atom. The van der Waals surface area contributed by atoms with Crippen molar-refractivity contribution >= 4 is 0 Å². The van der Waals surface area contributed by atoms with Crippen LogP contribution in [0.5, 0.6) is 0 Å². The highest BCUT2D eigenvalue weighted by molar-refractivity contribution is 5.25. The molecule has 2 fully saturated rings. The zero-order valence-corrected chi connectivity index (χ0v) is 11.8. The lowest BCUT2D eigenvalue weighted by Gasteiger charge is -2.23. The van der Waals surface area contributed by atoms with E-state index in [2.05, 4.69) is 36.5 Å². The van der Waals surface area contributed by atoms with Crippen LogP contribution in [0.3, 0.4) is 0 Å². The molecule has 0 aromatic heterocycles. The average molecular weight is 259 g/mol. The Labute approximate surface area is 116 Å². The van der Waals surface area contributed by atoms with Crippen molar-refractivity contribution in [3.8, 4) is 0 Å². The molecule has 0 aliphatic heterocycles. The van der Waals surface area contributed by atoms with Crippen LogP contribution in [0, 0.1) is 18.8 Å². The van der Waals surface area contributed by atoms with Gasteiger partial charge >= 0.3 is 0 Å². The predicted molar refractivity (Wildman–Crippen MR) is 78.0 cm³/mol. The second-order valence-electron chi connectivity index (χ2n) is 6.39. The number of aryl methyl sites for hydroxylation is 1. The highest BCUT2D eigenvalue weighted by Gasteiger charge is 2.33. The number of aliphatic hydroxyl groups is 1. The first-order chi connectivity index (χ1) is 9.24. The van der Waals surface area contributed by atoms with Gasteiger partial charge in [0.05, 0.1) is 6.10 Å². The summed E-state index contributed by atoms with van der Waals surface area (Å²) in [6.07, 6.45) is 5.97. The summed E-state index contributed by atoms with van der Waals surface area (Å²) in [6.45, 7) is 3.11. The van der Waals surface area contributed by atoms with E-state index in [9.17, 15) is 5.11 Å². The molecular formula is C17H25NO. The van der Waals surface area contributed by atoms with E-state index in [-0.39, 0.29) is 6.10 Å². The van der Waals surface area contributed by atoms with Crippen molar-refractivity contribution < 1.29 is 5.11 Å². The molecule has 3 atom stereocenters. The van der Waals surface area contributed by atoms with Gasteiger partial charge in [-0.2, -0.15) is 0 Å². The maximum absolute atomic E-state index is 9.92. The predicted octanol–water partition coefficient (Wildman–Crippen LogP) is 3.20. The molecule has 2 aliphatic rings. The molecular weight excluding hydrogens is 234 g/mol. The molecule has 2 heteroatoms. The summed E-state index contributed by atoms with van der Waals surface area (Å²) >= 11 is 0. The Balaban J connectivity index is 1.63. The molecule has 1 aromatic rings. The Hall–Kier alpha value is -0.860. The standard InChI is InChI=1S/C17H25NO/c1-12-5-7-13(8-6-12)17(14-9-10-14)18-11-15-3-2-4-16(15)19/h5-8,14-19H,2-4,9-11H2,1H3. The lowest BCUT2D eigenvalue weighted by Crippen LogP contribution is -2.31. The van der Waals surface area contributed by atoms with Crippen LogP contribution in [0.15, 0.2) is 24.3 Å². The van der Waals surface area contributed by atoms with E-state index < -0.39 is 0 Å². The second kappa shape index (κ2) is 5.64. The third-order valence-electron chi connectivity index (χ3n) is 4.75. The quantitative estimate of drug-likeness (QED) is 0.851. The van der Waals surface area contributed by atoms with Gasteiger partial charge in [-0.15, -0.1) is 0 Å². The van der Waals surface area contributed by atoms with Gasteiger partial charge in [0.2, 0.25) is 0 Å². The Morgan fingerprint density at radius 1 is 1.16 bits per heavy atom. The van der Waals surface area contributed by atoms with Crippen molar-refractivity contribution in [3.63, 3.8) is 0 Å². The van der Waals surface area contributed by atoms with Crippen molar-refractivity contribution in [3.05, 3.63) is 35.4 Å². The maximum atomic E-state index is 9.92. The van der Waals surface area contributed by atoms with Gasteiger partial charge in [-0.1, -0.05) is 36.2 Å². The Kier molecular flexibility index (Phi) is 3.90. The number of rotatable bonds is 5. The normalized spacial score (nSPS) is 28.5. The first-order valence-electron chi connectivity index (χ1n) is 7.72. The summed E-state index contributed by atoms with van der Waals surface area (Å²) in [6, 6.07) is 9.42. The number of hydrogen-bond acceptors (Lipinski definition) is 2. The van der Waals surface area contributed by atoms with Crippen molar-refractivity contribution in [2.45, 2.75) is 51.2 Å². The van der Waals surface area contributed by atoms with Gasteiger partial charge in [0.15, 0.2) is 0 Å². The maximum Gasteiger partial charge on any atom is 0.0580 e. The third-order valence-corrected chi connectivity index (χ3v) is 4.75. The van der Waals surface area contributed by atoms with Gasteiger partial charge < -0.3 is 10.4 Å². The van der Waals surface area contributed by atoms with Gasteiger partial charge in [0.1, 0.15) is 0 Å². The molecule has 3 unspecified atom stereocenters. The molecule has 2 N–H and O–H groups in total. The molecule has 0 spiro atoms. The van der Waals surface area contributed by atoms with Gasteiger partial charge in [-0.05, 0) is 50.0 Å². The Bertz CT molecular complexity index is 410. The molecule has 0 amide bonds. The zero-order chi connectivity index (χ0) is 13.2. The van der Waals surface area contributed by atoms with Gasteiger partial charge in [0.25, 0.3) is 0 Å². The molecule has 0 bridgehead atoms. The largest absolute Gasteiger partial charge is 0.393 e. The third kappa shape index (κ3) is 3.18. The van der Waals surface area contributed by atoms with Crippen molar-refractivity contribution in [2.75, 3.05) is 6.54 Å². The fraction of sp³-hybridized carbons (Fsp3) is 0.647. The highest BCUT2D eigenvalue weighted by Crippen LogP contribution is 2.41. The van der Waals surface area contributed by atoms with E-state index in [1.807, 2.05) is 0 Å². The van der Waals surface area contributed by atoms with E-state index in [4.69, 9.17) is 0 Å². The van der Waals surface area contributed by atoms with Crippen LogP contribution < -0.4 is 5.32 Å². The fourth-order valence-electron chi connectivity index (χ4n) is 3.29. The molecule has 2 nitrogen and oxygen atoms in total. The lowest BCUT2D eigenvalue weighted by molar-refractivity contribution is 0.129. The summed E-state index contributed by atoms with van der Waals surface area (Å²) in [7, 11) is 0. The van der Waals surface area contributed by atoms with Crippen molar-refractivity contribution in [1.29, 1.82) is 0 Å². The summed E-state index contributed by atoms with van der Waals surface area (Å²) < 4.78 is 0. The summed E-state index contributed by atoms with van der Waals surface area (Å²) in [5.74, 6) is 1.27. The van der Waals surface area contributed by atoms with Crippen LogP contribution in [-0.4, -0.2) is 17.8 Å². The molecule has 1 aromatic carbocycles. The minimum atomic E-state index is -0.0784. The average Bonchev–Trinajstić information content (AvgIpc) is 3.16. The van der Waals surface area contributed by atoms with E-state index in [0.717, 1.165) is 18.9 Å². The van der Waals surface area contributed by atoms with Crippen LogP contribution in [0.1, 0.15) is 49.3 Å². The minimum absolute atomic E-state index is 0.0784. The number of benzene rings is 1. The molecule has 19 heavy (non-hydrogen) atoms. The second-order valence-corrected chi connectivity index (χ2v) is 6.39. The smallest absolute Gasteiger partial charge is 0.0580 e. The first kappa shape index (κ1) is 13.1. The highest BCUT2D eigenvalue weighted by atomic mass is 16.3. The van der Waals surface area contributed by atoms with Crippen molar-refractivity contribution in [1.82, 2.24) is 5.32 Å². The molecule has 3 rings (SSSR count). The van der Waals surface area contributed by atoms with Gasteiger partial charge in [-0.3, -0.25) is 0 Å². The molecule has 104 valence electrons. The van der Waals surface area contributed by atoms with Crippen molar-refractivity contribution in [2.24, 2.45) is 11.8 Å². The Morgan fingerprint density at radius 3 is 2.47 bits per heavy atom. The molecule has 2 saturated carbocycles. The molecule has 2 aliphatic carbocycles. The first-order valence-corrected chi connectivity index (χ1v) is 7.72. The summed E-state index contributed by atoms with van der Waals surface area (Å²) in [4.78, 5) is 0. The van der Waals surface area contributed by atoms with E-state index in [1.165, 1.54) is 36.8 Å². The summed E-state index contributed by atoms with van der Waals surface area (Å²) in [5, 5.41) is 13.7. The number of hydrogen-bond donors (Lipinski definition) is 2. The lowest BCUT2D eigenvalue weighted by atomic mass is 9.99. The summed E-state index contributed by atoms with van der Waals surface area (Å²) in [5.41, 5.74) is 2.74. The zero-order valence-electron chi connectivity index (χ0n) is 11.8. The monoisotopic (exact) mass is 259 g/mol. The van der Waals surface area contributed by atoms with E-state index >= 15 is 0 Å². The topological polar surface area (TPSA) is 32.3 Å². The molecule has 0 saturated heterocycles. The van der Waals surface area contributed by atoms with E-state index in [1.54, 1.807) is 0 Å². The number of nitrogens with one attached hydrogen (secondary N) is 1. The number of aliphatic hydroxyl groups excluding tert-OH is 1. The van der Waals surface area contributed by atoms with Gasteiger partial charge in [0, 0.05) is 12.6 Å². The van der Waals surface area contributed by atoms with Gasteiger partial charge in [-0.25, -0.2) is 0 Å². The fourth-order valence-corrected chi connectivity index (χ4v) is 3.29. The molecule has 0 heterocycles. The minimum Gasteiger partial charge on any atom is -0.393 e.